The van der Waals surface area contributed by atoms with E-state index in [0.717, 1.165) is 18.5 Å². The van der Waals surface area contributed by atoms with Gasteiger partial charge in [0.05, 0.1) is 5.92 Å². The van der Waals surface area contributed by atoms with Gasteiger partial charge in [-0.3, -0.25) is 9.78 Å². The second-order valence-corrected chi connectivity index (χ2v) is 4.61. The van der Waals surface area contributed by atoms with Crippen LogP contribution in [0.2, 0.25) is 0 Å². The van der Waals surface area contributed by atoms with Crippen molar-refractivity contribution in [3.05, 3.63) is 24.5 Å². The van der Waals surface area contributed by atoms with Crippen molar-refractivity contribution in [2.24, 2.45) is 5.92 Å². The number of nitrogens with one attached hydrogen (secondary N) is 2. The molecule has 3 rings (SSSR count). The number of fused-ring (bicyclic) bond motifs is 2. The molecular formula is C12H15N3O. The van der Waals surface area contributed by atoms with Gasteiger partial charge in [0.15, 0.2) is 0 Å². The van der Waals surface area contributed by atoms with Gasteiger partial charge >= 0.3 is 0 Å². The van der Waals surface area contributed by atoms with Crippen LogP contribution in [0.4, 0.5) is 5.69 Å². The molecule has 3 heterocycles. The first-order valence-electron chi connectivity index (χ1n) is 5.80. The van der Waals surface area contributed by atoms with Crippen LogP contribution in [0.15, 0.2) is 24.5 Å². The van der Waals surface area contributed by atoms with Crippen molar-refractivity contribution >= 4 is 11.6 Å². The average Bonchev–Trinajstić information content (AvgIpc) is 2.92. The van der Waals surface area contributed by atoms with Crippen molar-refractivity contribution in [1.29, 1.82) is 0 Å². The molecule has 2 aliphatic heterocycles. The molecule has 4 nitrogen and oxygen atoms in total. The van der Waals surface area contributed by atoms with Crippen LogP contribution in [-0.2, 0) is 4.79 Å². The van der Waals surface area contributed by atoms with E-state index in [1.807, 2.05) is 12.1 Å². The molecule has 2 N–H and O–H groups in total. The van der Waals surface area contributed by atoms with Gasteiger partial charge in [-0.15, -0.1) is 0 Å². The van der Waals surface area contributed by atoms with Crippen molar-refractivity contribution < 1.29 is 4.79 Å². The summed E-state index contributed by atoms with van der Waals surface area (Å²) in [6, 6.07) is 4.60. The molecule has 0 spiro atoms. The molecule has 2 fully saturated rings. The zero-order chi connectivity index (χ0) is 11.0. The zero-order valence-electron chi connectivity index (χ0n) is 9.02. The Morgan fingerprint density at radius 2 is 2.19 bits per heavy atom. The third kappa shape index (κ3) is 1.69. The molecule has 16 heavy (non-hydrogen) atoms. The van der Waals surface area contributed by atoms with Crippen molar-refractivity contribution in [2.75, 3.05) is 5.32 Å². The van der Waals surface area contributed by atoms with Gasteiger partial charge in [0.25, 0.3) is 0 Å². The summed E-state index contributed by atoms with van der Waals surface area (Å²) in [4.78, 5) is 16.0. The Bertz CT molecular complexity index is 393. The molecule has 3 atom stereocenters. The van der Waals surface area contributed by atoms with Crippen LogP contribution in [-0.4, -0.2) is 23.0 Å². The summed E-state index contributed by atoms with van der Waals surface area (Å²) in [5.74, 6) is 0.290. The average molecular weight is 217 g/mol. The summed E-state index contributed by atoms with van der Waals surface area (Å²) in [6.07, 6.45) is 6.73. The summed E-state index contributed by atoms with van der Waals surface area (Å²) >= 11 is 0. The fourth-order valence-corrected chi connectivity index (χ4v) is 2.78. The Kier molecular flexibility index (Phi) is 2.36. The Labute approximate surface area is 94.5 Å². The van der Waals surface area contributed by atoms with E-state index in [1.165, 1.54) is 6.42 Å². The van der Waals surface area contributed by atoms with Crippen LogP contribution in [0.25, 0.3) is 0 Å². The fraction of sp³-hybridized carbons (Fsp3) is 0.500. The summed E-state index contributed by atoms with van der Waals surface area (Å²) < 4.78 is 0. The maximum atomic E-state index is 12.0. The summed E-state index contributed by atoms with van der Waals surface area (Å²) in [7, 11) is 0. The van der Waals surface area contributed by atoms with Crippen molar-refractivity contribution in [2.45, 2.75) is 31.3 Å². The third-order valence-electron chi connectivity index (χ3n) is 3.58. The fourth-order valence-electron chi connectivity index (χ4n) is 2.78. The first-order chi connectivity index (χ1) is 7.83. The van der Waals surface area contributed by atoms with E-state index in [2.05, 4.69) is 15.6 Å². The van der Waals surface area contributed by atoms with Gasteiger partial charge in [-0.2, -0.15) is 0 Å². The van der Waals surface area contributed by atoms with Crippen molar-refractivity contribution in [3.8, 4) is 0 Å². The van der Waals surface area contributed by atoms with Gasteiger partial charge in [0.2, 0.25) is 5.91 Å². The SMILES string of the molecule is O=C(Nc1ccncc1)C1CC2CCC1N2. The number of aromatic nitrogens is 1. The molecule has 84 valence electrons. The van der Waals surface area contributed by atoms with E-state index in [-0.39, 0.29) is 11.8 Å². The smallest absolute Gasteiger partial charge is 0.229 e. The highest BCUT2D eigenvalue weighted by atomic mass is 16.2. The molecule has 0 aliphatic carbocycles. The van der Waals surface area contributed by atoms with E-state index in [1.54, 1.807) is 12.4 Å². The molecule has 0 saturated carbocycles. The first-order valence-corrected chi connectivity index (χ1v) is 5.80. The van der Waals surface area contributed by atoms with Crippen LogP contribution in [0, 0.1) is 5.92 Å². The van der Waals surface area contributed by atoms with E-state index < -0.39 is 0 Å². The van der Waals surface area contributed by atoms with Gasteiger partial charge in [-0.05, 0) is 31.4 Å². The monoisotopic (exact) mass is 217 g/mol. The van der Waals surface area contributed by atoms with Crippen LogP contribution < -0.4 is 10.6 Å². The maximum Gasteiger partial charge on any atom is 0.229 e. The van der Waals surface area contributed by atoms with E-state index in [4.69, 9.17) is 0 Å². The lowest BCUT2D eigenvalue weighted by Crippen LogP contribution is -2.32. The topological polar surface area (TPSA) is 54.0 Å². The lowest BCUT2D eigenvalue weighted by Gasteiger charge is -2.19. The van der Waals surface area contributed by atoms with E-state index >= 15 is 0 Å². The van der Waals surface area contributed by atoms with Gasteiger partial charge < -0.3 is 10.6 Å². The van der Waals surface area contributed by atoms with Crippen molar-refractivity contribution in [3.63, 3.8) is 0 Å². The minimum atomic E-state index is 0.144. The Balaban J connectivity index is 1.66. The highest BCUT2D eigenvalue weighted by Crippen LogP contribution is 2.33. The standard InChI is InChI=1S/C12H15N3O/c16-12(15-8-3-5-13-6-4-8)10-7-9-1-2-11(10)14-9/h3-6,9-11,14H,1-2,7H2,(H,13,15,16). The number of hydrogen-bond acceptors (Lipinski definition) is 3. The predicted molar refractivity (Wildman–Crippen MR) is 60.9 cm³/mol. The highest BCUT2D eigenvalue weighted by molar-refractivity contribution is 5.93. The highest BCUT2D eigenvalue weighted by Gasteiger charge is 2.42. The van der Waals surface area contributed by atoms with Gasteiger partial charge in [0, 0.05) is 30.2 Å². The second-order valence-electron chi connectivity index (χ2n) is 4.61. The second kappa shape index (κ2) is 3.87. The largest absolute Gasteiger partial charge is 0.326 e. The summed E-state index contributed by atoms with van der Waals surface area (Å²) in [6.45, 7) is 0. The predicted octanol–water partition coefficient (Wildman–Crippen LogP) is 1.16. The minimum absolute atomic E-state index is 0.144. The van der Waals surface area contributed by atoms with Gasteiger partial charge in [-0.25, -0.2) is 0 Å². The van der Waals surface area contributed by atoms with Crippen LogP contribution >= 0.6 is 0 Å². The number of carbonyl (C=O) groups excluding carboxylic acids is 1. The van der Waals surface area contributed by atoms with E-state index in [0.29, 0.717) is 12.1 Å². The summed E-state index contributed by atoms with van der Waals surface area (Å²) in [5, 5.41) is 6.42. The Morgan fingerprint density at radius 3 is 2.81 bits per heavy atom. The van der Waals surface area contributed by atoms with Crippen LogP contribution in [0.5, 0.6) is 0 Å². The number of pyridine rings is 1. The molecule has 0 radical (unpaired) electrons. The van der Waals surface area contributed by atoms with Crippen molar-refractivity contribution in [1.82, 2.24) is 10.3 Å². The molecule has 1 aromatic rings. The number of hydrogen-bond donors (Lipinski definition) is 2. The normalized spacial score (nSPS) is 31.6. The lowest BCUT2D eigenvalue weighted by atomic mass is 9.88. The number of rotatable bonds is 2. The van der Waals surface area contributed by atoms with Gasteiger partial charge in [-0.1, -0.05) is 0 Å². The molecule has 2 bridgehead atoms. The molecule has 1 amide bonds. The van der Waals surface area contributed by atoms with Crippen LogP contribution in [0.1, 0.15) is 19.3 Å². The Hall–Kier alpha value is -1.42. The quantitative estimate of drug-likeness (QED) is 0.781. The molecule has 0 aromatic carbocycles. The Morgan fingerprint density at radius 1 is 1.38 bits per heavy atom. The number of amides is 1. The van der Waals surface area contributed by atoms with E-state index in [9.17, 15) is 4.79 Å². The summed E-state index contributed by atoms with van der Waals surface area (Å²) in [5.41, 5.74) is 0.836. The van der Waals surface area contributed by atoms with Gasteiger partial charge in [0.1, 0.15) is 0 Å². The molecule has 3 unspecified atom stereocenters. The van der Waals surface area contributed by atoms with Crippen LogP contribution in [0.3, 0.4) is 0 Å². The molecule has 4 heteroatoms. The number of nitrogens with zero attached hydrogens (tertiary/aromatic N) is 1. The molecular weight excluding hydrogens is 202 g/mol. The molecule has 2 aliphatic rings. The minimum Gasteiger partial charge on any atom is -0.326 e. The number of anilines is 1. The third-order valence-corrected chi connectivity index (χ3v) is 3.58. The maximum absolute atomic E-state index is 12.0. The molecule has 1 aromatic heterocycles. The zero-order valence-corrected chi connectivity index (χ0v) is 9.02. The first kappa shape index (κ1) is 9.78. The lowest BCUT2D eigenvalue weighted by molar-refractivity contribution is -0.120. The molecule has 2 saturated heterocycles. The number of carbonyl (C=O) groups is 1.